The van der Waals surface area contributed by atoms with Gasteiger partial charge in [0.15, 0.2) is 0 Å². The van der Waals surface area contributed by atoms with Crippen molar-refractivity contribution < 1.29 is 23.5 Å². The van der Waals surface area contributed by atoms with Crippen LogP contribution >= 0.6 is 0 Å². The Kier molecular flexibility index (Phi) is 6.69. The van der Waals surface area contributed by atoms with Crippen molar-refractivity contribution in [1.29, 1.82) is 0 Å². The molecule has 1 saturated carbocycles. The molecular weight excluding hydrogens is 472 g/mol. The first-order chi connectivity index (χ1) is 17.8. The third kappa shape index (κ3) is 5.21. The van der Waals surface area contributed by atoms with E-state index < -0.39 is 6.09 Å². The SMILES string of the molecule is CC(C)OC(=O)N1CC(C)N(C(=O)C2CC2)c2ccc(-c3ccc(C(=O)NCc4ncco4)cc3)cc21. The van der Waals surface area contributed by atoms with E-state index in [1.165, 1.54) is 12.5 Å². The summed E-state index contributed by atoms with van der Waals surface area (Å²) >= 11 is 0. The molecule has 5 rings (SSSR count). The van der Waals surface area contributed by atoms with E-state index in [-0.39, 0.29) is 36.4 Å². The van der Waals surface area contributed by atoms with Crippen LogP contribution < -0.4 is 15.1 Å². The Labute approximate surface area is 215 Å². The monoisotopic (exact) mass is 502 g/mol. The molecule has 37 heavy (non-hydrogen) atoms. The normalized spacial score (nSPS) is 16.9. The summed E-state index contributed by atoms with van der Waals surface area (Å²) in [6.07, 6.45) is 4.11. The van der Waals surface area contributed by atoms with Gasteiger partial charge < -0.3 is 19.4 Å². The fourth-order valence-corrected chi connectivity index (χ4v) is 4.52. The standard InChI is InChI=1S/C28H30N4O5/c1-17(2)37-28(35)31-16-18(3)32(27(34)21-8-9-21)23-11-10-22(14-24(23)31)19-4-6-20(7-5-19)26(33)30-15-25-29-12-13-36-25/h4-7,10-14,17-18,21H,8-9,15-16H2,1-3H3,(H,30,33). The quantitative estimate of drug-likeness (QED) is 0.521. The lowest BCUT2D eigenvalue weighted by molar-refractivity contribution is -0.120. The van der Waals surface area contributed by atoms with Crippen LogP contribution in [-0.4, -0.2) is 41.6 Å². The molecule has 192 valence electrons. The maximum atomic E-state index is 13.1. The first-order valence-electron chi connectivity index (χ1n) is 12.5. The number of oxazole rings is 1. The number of benzene rings is 2. The Morgan fingerprint density at radius 3 is 2.46 bits per heavy atom. The Bertz CT molecular complexity index is 1300. The average Bonchev–Trinajstić information content (AvgIpc) is 3.61. The summed E-state index contributed by atoms with van der Waals surface area (Å²) < 4.78 is 10.7. The van der Waals surface area contributed by atoms with Crippen LogP contribution in [-0.2, 0) is 16.1 Å². The van der Waals surface area contributed by atoms with Crippen molar-refractivity contribution in [3.63, 3.8) is 0 Å². The molecule has 0 bridgehead atoms. The molecule has 1 fully saturated rings. The first-order valence-corrected chi connectivity index (χ1v) is 12.5. The first kappa shape index (κ1) is 24.5. The summed E-state index contributed by atoms with van der Waals surface area (Å²) in [4.78, 5) is 46.1. The average molecular weight is 503 g/mol. The van der Waals surface area contributed by atoms with Crippen molar-refractivity contribution in [2.24, 2.45) is 5.92 Å². The number of nitrogens with zero attached hydrogens (tertiary/aromatic N) is 3. The van der Waals surface area contributed by atoms with E-state index in [4.69, 9.17) is 9.15 Å². The highest BCUT2D eigenvalue weighted by Crippen LogP contribution is 2.42. The van der Waals surface area contributed by atoms with Crippen molar-refractivity contribution in [1.82, 2.24) is 10.3 Å². The molecule has 0 spiro atoms. The second kappa shape index (κ2) is 10.1. The minimum Gasteiger partial charge on any atom is -0.447 e. The summed E-state index contributed by atoms with van der Waals surface area (Å²) in [6.45, 7) is 6.14. The highest BCUT2D eigenvalue weighted by Gasteiger charge is 2.41. The summed E-state index contributed by atoms with van der Waals surface area (Å²) in [6, 6.07) is 12.8. The number of hydrogen-bond acceptors (Lipinski definition) is 6. The minimum atomic E-state index is -0.433. The zero-order valence-electron chi connectivity index (χ0n) is 21.1. The number of anilines is 2. The maximum absolute atomic E-state index is 13.1. The molecule has 1 aliphatic carbocycles. The molecule has 1 aliphatic heterocycles. The molecule has 1 atom stereocenters. The number of carbonyl (C=O) groups excluding carboxylic acids is 3. The number of hydrogen-bond donors (Lipinski definition) is 1. The highest BCUT2D eigenvalue weighted by atomic mass is 16.6. The minimum absolute atomic E-state index is 0.0615. The number of aromatic nitrogens is 1. The molecule has 1 aromatic heterocycles. The van der Waals surface area contributed by atoms with Crippen molar-refractivity contribution in [3.05, 3.63) is 66.4 Å². The molecule has 9 heteroatoms. The van der Waals surface area contributed by atoms with Crippen molar-refractivity contribution >= 4 is 29.3 Å². The third-order valence-corrected chi connectivity index (χ3v) is 6.50. The zero-order chi connectivity index (χ0) is 26.1. The molecule has 0 radical (unpaired) electrons. The van der Waals surface area contributed by atoms with Crippen LogP contribution in [0.2, 0.25) is 0 Å². The lowest BCUT2D eigenvalue weighted by Crippen LogP contribution is -2.52. The second-order valence-corrected chi connectivity index (χ2v) is 9.76. The Balaban J connectivity index is 1.42. The van der Waals surface area contributed by atoms with Gasteiger partial charge >= 0.3 is 6.09 Å². The van der Waals surface area contributed by atoms with Crippen LogP contribution in [0.4, 0.5) is 16.2 Å². The Hall–Kier alpha value is -4.14. The van der Waals surface area contributed by atoms with Crippen LogP contribution in [0.15, 0.2) is 59.3 Å². The molecule has 1 unspecified atom stereocenters. The van der Waals surface area contributed by atoms with Gasteiger partial charge in [0.2, 0.25) is 11.8 Å². The predicted octanol–water partition coefficient (Wildman–Crippen LogP) is 4.77. The smallest absolute Gasteiger partial charge is 0.414 e. The number of rotatable bonds is 6. The lowest BCUT2D eigenvalue weighted by Gasteiger charge is -2.41. The van der Waals surface area contributed by atoms with E-state index in [2.05, 4.69) is 10.3 Å². The fourth-order valence-electron chi connectivity index (χ4n) is 4.52. The zero-order valence-corrected chi connectivity index (χ0v) is 21.1. The van der Waals surface area contributed by atoms with Gasteiger partial charge in [-0.05, 0) is 69.0 Å². The Morgan fingerprint density at radius 1 is 1.08 bits per heavy atom. The predicted molar refractivity (Wildman–Crippen MR) is 138 cm³/mol. The summed E-state index contributed by atoms with van der Waals surface area (Å²) in [5.74, 6) is 0.369. The number of ether oxygens (including phenoxy) is 1. The molecule has 1 N–H and O–H groups in total. The van der Waals surface area contributed by atoms with E-state index in [9.17, 15) is 14.4 Å². The number of fused-ring (bicyclic) bond motifs is 1. The van der Waals surface area contributed by atoms with Gasteiger partial charge in [0.1, 0.15) is 6.26 Å². The van der Waals surface area contributed by atoms with Crippen molar-refractivity contribution in [2.75, 3.05) is 16.3 Å². The van der Waals surface area contributed by atoms with Crippen LogP contribution in [0.25, 0.3) is 11.1 Å². The second-order valence-electron chi connectivity index (χ2n) is 9.76. The Morgan fingerprint density at radius 2 is 1.81 bits per heavy atom. The van der Waals surface area contributed by atoms with Crippen molar-refractivity contribution in [3.8, 4) is 11.1 Å². The van der Waals surface area contributed by atoms with E-state index in [1.807, 2.05) is 56.0 Å². The summed E-state index contributed by atoms with van der Waals surface area (Å²) in [5.41, 5.74) is 3.60. The molecule has 3 amide bonds. The molecule has 2 aliphatic rings. The lowest BCUT2D eigenvalue weighted by atomic mass is 9.99. The van der Waals surface area contributed by atoms with Crippen LogP contribution in [0, 0.1) is 5.92 Å². The highest BCUT2D eigenvalue weighted by molar-refractivity contribution is 6.05. The maximum Gasteiger partial charge on any atom is 0.414 e. The van der Waals surface area contributed by atoms with Gasteiger partial charge in [-0.2, -0.15) is 0 Å². The van der Waals surface area contributed by atoms with Gasteiger partial charge in [-0.15, -0.1) is 0 Å². The number of amides is 3. The topological polar surface area (TPSA) is 105 Å². The van der Waals surface area contributed by atoms with Gasteiger partial charge in [-0.1, -0.05) is 18.2 Å². The van der Waals surface area contributed by atoms with E-state index in [0.29, 0.717) is 29.4 Å². The van der Waals surface area contributed by atoms with Gasteiger partial charge in [-0.25, -0.2) is 9.78 Å². The fraction of sp³-hybridized carbons (Fsp3) is 0.357. The van der Waals surface area contributed by atoms with Crippen LogP contribution in [0.1, 0.15) is 49.9 Å². The third-order valence-electron chi connectivity index (χ3n) is 6.50. The summed E-state index contributed by atoms with van der Waals surface area (Å²) in [7, 11) is 0. The van der Waals surface area contributed by atoms with E-state index in [1.54, 1.807) is 17.0 Å². The number of nitrogens with one attached hydrogen (secondary N) is 1. The van der Waals surface area contributed by atoms with Crippen LogP contribution in [0.3, 0.4) is 0 Å². The van der Waals surface area contributed by atoms with Gasteiger partial charge in [0, 0.05) is 18.0 Å². The van der Waals surface area contributed by atoms with Gasteiger partial charge in [0.05, 0.1) is 36.3 Å². The molecule has 0 saturated heterocycles. The van der Waals surface area contributed by atoms with Crippen LogP contribution in [0.5, 0.6) is 0 Å². The van der Waals surface area contributed by atoms with Gasteiger partial charge in [0.25, 0.3) is 5.91 Å². The number of carbonyl (C=O) groups is 3. The van der Waals surface area contributed by atoms with Crippen molar-refractivity contribution in [2.45, 2.75) is 52.3 Å². The largest absolute Gasteiger partial charge is 0.447 e. The molecule has 2 aromatic carbocycles. The molecule has 2 heterocycles. The summed E-state index contributed by atoms with van der Waals surface area (Å²) in [5, 5.41) is 2.78. The van der Waals surface area contributed by atoms with E-state index >= 15 is 0 Å². The van der Waals surface area contributed by atoms with E-state index in [0.717, 1.165) is 24.0 Å². The van der Waals surface area contributed by atoms with Gasteiger partial charge in [-0.3, -0.25) is 14.5 Å². The molecular formula is C28H30N4O5. The molecule has 9 nitrogen and oxygen atoms in total. The molecule has 3 aromatic rings.